The maximum Gasteiger partial charge on any atom is 0.305 e. The third kappa shape index (κ3) is 19.1. The van der Waals surface area contributed by atoms with Gasteiger partial charge in [-0.15, -0.1) is 5.73 Å². The first-order valence-corrected chi connectivity index (χ1v) is 10.7. The Bertz CT molecular complexity index is 368. The molecule has 0 rings (SSSR count). The van der Waals surface area contributed by atoms with Crippen LogP contribution in [-0.4, -0.2) is 24.6 Å². The van der Waals surface area contributed by atoms with E-state index < -0.39 is 0 Å². The van der Waals surface area contributed by atoms with Crippen LogP contribution < -0.4 is 0 Å². The number of hydrogen-bond acceptors (Lipinski definition) is 3. The lowest BCUT2D eigenvalue weighted by Gasteiger charge is -1.97. The van der Waals surface area contributed by atoms with Crippen molar-refractivity contribution in [3.63, 3.8) is 0 Å². The second-order valence-corrected chi connectivity index (χ2v) is 7.08. The highest BCUT2D eigenvalue weighted by Crippen LogP contribution is 2.08. The molecule has 24 heavy (non-hydrogen) atoms. The van der Waals surface area contributed by atoms with Crippen molar-refractivity contribution in [1.29, 1.82) is 0 Å². The fraction of sp³-hybridized carbons (Fsp3) is 0.714. The van der Waals surface area contributed by atoms with E-state index >= 15 is 0 Å². The molecular weight excluding hydrogens is 316 g/mol. The highest BCUT2D eigenvalue weighted by molar-refractivity contribution is 7.99. The van der Waals surface area contributed by atoms with Crippen molar-refractivity contribution < 1.29 is 9.53 Å². The van der Waals surface area contributed by atoms with E-state index in [0.29, 0.717) is 6.42 Å². The van der Waals surface area contributed by atoms with Crippen LogP contribution in [0.15, 0.2) is 30.0 Å². The molecule has 0 unspecified atom stereocenters. The zero-order chi connectivity index (χ0) is 17.7. The van der Waals surface area contributed by atoms with Gasteiger partial charge in [-0.25, -0.2) is 0 Å². The summed E-state index contributed by atoms with van der Waals surface area (Å²) in [6.07, 6.45) is 21.6. The van der Waals surface area contributed by atoms with E-state index in [0.717, 1.165) is 25.0 Å². The molecule has 0 spiro atoms. The Hall–Kier alpha value is -0.920. The molecule has 0 aliphatic rings. The molecule has 0 radical (unpaired) electrons. The van der Waals surface area contributed by atoms with E-state index in [1.807, 2.05) is 17.8 Å². The lowest BCUT2D eigenvalue weighted by molar-refractivity contribution is -0.140. The smallest absolute Gasteiger partial charge is 0.305 e. The largest absolute Gasteiger partial charge is 0.469 e. The molecule has 2 nitrogen and oxygen atoms in total. The maximum atomic E-state index is 10.9. The van der Waals surface area contributed by atoms with Gasteiger partial charge in [-0.1, -0.05) is 51.2 Å². The van der Waals surface area contributed by atoms with Crippen molar-refractivity contribution in [2.24, 2.45) is 0 Å². The van der Waals surface area contributed by atoms with Gasteiger partial charge in [0.25, 0.3) is 0 Å². The first-order valence-electron chi connectivity index (χ1n) is 9.50. The number of rotatable bonds is 16. The van der Waals surface area contributed by atoms with Gasteiger partial charge in [0.05, 0.1) is 7.11 Å². The summed E-state index contributed by atoms with van der Waals surface area (Å²) in [4.78, 5) is 10.9. The van der Waals surface area contributed by atoms with Crippen LogP contribution in [0.4, 0.5) is 0 Å². The van der Waals surface area contributed by atoms with E-state index in [2.05, 4.69) is 35.6 Å². The van der Waals surface area contributed by atoms with Crippen LogP contribution >= 0.6 is 11.8 Å². The van der Waals surface area contributed by atoms with Gasteiger partial charge in [-0.3, -0.25) is 4.79 Å². The van der Waals surface area contributed by atoms with Gasteiger partial charge in [0.2, 0.25) is 0 Å². The fourth-order valence-electron chi connectivity index (χ4n) is 2.24. The Morgan fingerprint density at radius 3 is 2.50 bits per heavy atom. The predicted octanol–water partition coefficient (Wildman–Crippen LogP) is 6.47. The second kappa shape index (κ2) is 20.1. The summed E-state index contributed by atoms with van der Waals surface area (Å²) in [7, 11) is 1.43. The minimum absolute atomic E-state index is 0.132. The zero-order valence-electron chi connectivity index (χ0n) is 15.7. The highest BCUT2D eigenvalue weighted by Gasteiger charge is 1.96. The van der Waals surface area contributed by atoms with Gasteiger partial charge in [0, 0.05) is 12.2 Å². The average molecular weight is 353 g/mol. The van der Waals surface area contributed by atoms with E-state index in [1.165, 1.54) is 57.8 Å². The minimum atomic E-state index is -0.132. The lowest BCUT2D eigenvalue weighted by Crippen LogP contribution is -1.98. The van der Waals surface area contributed by atoms with Crippen LogP contribution in [-0.2, 0) is 9.53 Å². The number of carbonyl (C=O) groups is 1. The van der Waals surface area contributed by atoms with Crippen molar-refractivity contribution in [2.45, 2.75) is 77.6 Å². The van der Waals surface area contributed by atoms with Gasteiger partial charge in [-0.2, -0.15) is 11.8 Å². The first-order chi connectivity index (χ1) is 11.8. The van der Waals surface area contributed by atoms with E-state index in [4.69, 9.17) is 0 Å². The molecule has 0 saturated carbocycles. The van der Waals surface area contributed by atoms with Gasteiger partial charge in [0.1, 0.15) is 0 Å². The molecule has 0 atom stereocenters. The minimum Gasteiger partial charge on any atom is -0.469 e. The van der Waals surface area contributed by atoms with Crippen LogP contribution in [0.3, 0.4) is 0 Å². The lowest BCUT2D eigenvalue weighted by atomic mass is 10.1. The molecule has 0 aromatic heterocycles. The number of unbranched alkanes of at least 4 members (excludes halogenated alkanes) is 7. The molecule has 0 bridgehead atoms. The quantitative estimate of drug-likeness (QED) is 0.138. The topological polar surface area (TPSA) is 26.3 Å². The van der Waals surface area contributed by atoms with Crippen LogP contribution in [0.5, 0.6) is 0 Å². The average Bonchev–Trinajstić information content (AvgIpc) is 2.60. The van der Waals surface area contributed by atoms with Crippen LogP contribution in [0.2, 0.25) is 0 Å². The predicted molar refractivity (Wildman–Crippen MR) is 108 cm³/mol. The molecule has 0 saturated heterocycles. The van der Waals surface area contributed by atoms with Crippen molar-refractivity contribution in [3.05, 3.63) is 30.0 Å². The Kier molecular flexibility index (Phi) is 19.4. The molecule has 0 aliphatic heterocycles. The van der Waals surface area contributed by atoms with E-state index in [1.54, 1.807) is 0 Å². The Balaban J connectivity index is 3.30. The molecule has 0 amide bonds. The number of hydrogen-bond donors (Lipinski definition) is 0. The number of esters is 1. The van der Waals surface area contributed by atoms with E-state index in [-0.39, 0.29) is 5.97 Å². The molecule has 0 aromatic rings. The Morgan fingerprint density at radius 2 is 1.71 bits per heavy atom. The summed E-state index contributed by atoms with van der Waals surface area (Å²) in [6.45, 7) is 2.26. The molecule has 0 heterocycles. The number of thioether (sulfide) groups is 1. The summed E-state index contributed by atoms with van der Waals surface area (Å²) in [5.74, 6) is 2.05. The van der Waals surface area contributed by atoms with Crippen molar-refractivity contribution in [3.8, 4) is 0 Å². The van der Waals surface area contributed by atoms with Gasteiger partial charge < -0.3 is 4.74 Å². The second-order valence-electron chi connectivity index (χ2n) is 5.93. The number of allylic oxidation sites excluding steroid dienone is 2. The van der Waals surface area contributed by atoms with Crippen molar-refractivity contribution >= 4 is 17.7 Å². The summed E-state index contributed by atoms with van der Waals surface area (Å²) >= 11 is 1.94. The van der Waals surface area contributed by atoms with Crippen LogP contribution in [0.25, 0.3) is 0 Å². The third-order valence-corrected chi connectivity index (χ3v) is 4.64. The summed E-state index contributed by atoms with van der Waals surface area (Å²) < 4.78 is 4.59. The normalized spacial score (nSPS) is 10.6. The van der Waals surface area contributed by atoms with Crippen molar-refractivity contribution in [2.75, 3.05) is 18.6 Å². The third-order valence-electron chi connectivity index (χ3n) is 3.71. The highest BCUT2D eigenvalue weighted by atomic mass is 32.2. The molecule has 138 valence electrons. The number of ether oxygens (including phenoxy) is 1. The summed E-state index contributed by atoms with van der Waals surface area (Å²) in [6, 6.07) is 0. The number of methoxy groups -OCH3 is 1. The van der Waals surface area contributed by atoms with Crippen LogP contribution in [0, 0.1) is 0 Å². The SMILES string of the molecule is CCCCCCCC/C=C\CCSCC=C=CCCCC(=O)OC. The monoisotopic (exact) mass is 352 g/mol. The molecule has 0 aliphatic carbocycles. The van der Waals surface area contributed by atoms with E-state index in [9.17, 15) is 4.79 Å². The Labute approximate surface area is 153 Å². The zero-order valence-corrected chi connectivity index (χ0v) is 16.5. The van der Waals surface area contributed by atoms with Gasteiger partial charge >= 0.3 is 5.97 Å². The molecule has 0 N–H and O–H groups in total. The van der Waals surface area contributed by atoms with Crippen LogP contribution in [0.1, 0.15) is 77.6 Å². The Morgan fingerprint density at radius 1 is 0.958 bits per heavy atom. The fourth-order valence-corrected chi connectivity index (χ4v) is 2.92. The van der Waals surface area contributed by atoms with Gasteiger partial charge in [-0.05, 0) is 50.0 Å². The standard InChI is InChI=1S/C21H36O2S/c1-3-4-5-6-7-8-9-10-13-16-19-24-20-17-14-11-12-15-18-21(22)23-2/h10-11,13,17H,3-9,12,15-16,18-20H2,1-2H3/b13-10-. The summed E-state index contributed by atoms with van der Waals surface area (Å²) in [5, 5.41) is 0. The molecule has 0 fully saturated rings. The van der Waals surface area contributed by atoms with Crippen molar-refractivity contribution in [1.82, 2.24) is 0 Å². The molecular formula is C21H36O2S. The first kappa shape index (κ1) is 23.1. The maximum absolute atomic E-state index is 10.9. The molecule has 3 heteroatoms. The van der Waals surface area contributed by atoms with Gasteiger partial charge in [0.15, 0.2) is 0 Å². The molecule has 0 aromatic carbocycles. The number of carbonyl (C=O) groups excluding carboxylic acids is 1. The summed E-state index contributed by atoms with van der Waals surface area (Å²) in [5.41, 5.74) is 3.18.